The second-order valence-electron chi connectivity index (χ2n) is 8.54. The molecule has 0 bridgehead atoms. The highest BCUT2D eigenvalue weighted by molar-refractivity contribution is 5.92. The third kappa shape index (κ3) is 4.61. The highest BCUT2D eigenvalue weighted by Gasteiger charge is 2.15. The average Bonchev–Trinajstić information content (AvgIpc) is 3.27. The highest BCUT2D eigenvalue weighted by Crippen LogP contribution is 2.32. The van der Waals surface area contributed by atoms with E-state index in [1.807, 2.05) is 36.5 Å². The molecule has 1 saturated heterocycles. The van der Waals surface area contributed by atoms with Gasteiger partial charge in [0.15, 0.2) is 5.58 Å². The number of benzene rings is 2. The van der Waals surface area contributed by atoms with Crippen molar-refractivity contribution in [3.05, 3.63) is 72.6 Å². The van der Waals surface area contributed by atoms with Gasteiger partial charge in [0.05, 0.1) is 0 Å². The second-order valence-corrected chi connectivity index (χ2v) is 8.54. The molecular formula is C27H27N3O3. The molecule has 168 valence electrons. The van der Waals surface area contributed by atoms with E-state index in [9.17, 15) is 4.79 Å². The number of hydrogen-bond acceptors (Lipinski definition) is 6. The summed E-state index contributed by atoms with van der Waals surface area (Å²) in [6.07, 6.45) is 3.64. The summed E-state index contributed by atoms with van der Waals surface area (Å²) in [6.45, 7) is 5.96. The quantitative estimate of drug-likeness (QED) is 0.407. The number of anilines is 1. The Labute approximate surface area is 193 Å². The number of likely N-dealkylation sites (N-methyl/N-ethyl adjacent to an activating group) is 1. The van der Waals surface area contributed by atoms with Crippen LogP contribution in [-0.4, -0.2) is 49.1 Å². The van der Waals surface area contributed by atoms with E-state index in [1.165, 1.54) is 12.6 Å². The number of furan rings is 1. The predicted octanol–water partition coefficient (Wildman–Crippen LogP) is 4.98. The van der Waals surface area contributed by atoms with Gasteiger partial charge >= 0.3 is 5.97 Å². The van der Waals surface area contributed by atoms with Crippen LogP contribution in [0.25, 0.3) is 33.4 Å². The maximum absolute atomic E-state index is 11.1. The van der Waals surface area contributed by atoms with Crippen LogP contribution in [0.3, 0.4) is 0 Å². The summed E-state index contributed by atoms with van der Waals surface area (Å²) < 4.78 is 11.0. The van der Waals surface area contributed by atoms with E-state index in [2.05, 4.69) is 41.1 Å². The van der Waals surface area contributed by atoms with E-state index < -0.39 is 0 Å². The molecule has 0 radical (unpaired) electrons. The van der Waals surface area contributed by atoms with Crippen molar-refractivity contribution in [1.82, 2.24) is 9.88 Å². The van der Waals surface area contributed by atoms with Gasteiger partial charge in [-0.2, -0.15) is 0 Å². The molecule has 2 aromatic carbocycles. The molecule has 4 aromatic rings. The zero-order valence-corrected chi connectivity index (χ0v) is 19.0. The number of piperazine rings is 1. The smallest absolute Gasteiger partial charge is 0.302 e. The number of ether oxygens (including phenoxy) is 1. The first-order valence-electron chi connectivity index (χ1n) is 11.2. The van der Waals surface area contributed by atoms with Gasteiger partial charge in [0.1, 0.15) is 18.4 Å². The van der Waals surface area contributed by atoms with E-state index >= 15 is 0 Å². The van der Waals surface area contributed by atoms with Crippen molar-refractivity contribution in [2.75, 3.05) is 38.1 Å². The fourth-order valence-corrected chi connectivity index (χ4v) is 4.22. The first-order chi connectivity index (χ1) is 16.1. The molecule has 1 fully saturated rings. The van der Waals surface area contributed by atoms with Crippen LogP contribution in [0, 0.1) is 0 Å². The summed E-state index contributed by atoms with van der Waals surface area (Å²) in [5.74, 6) is -0.292. The van der Waals surface area contributed by atoms with E-state index in [0.29, 0.717) is 0 Å². The van der Waals surface area contributed by atoms with Crippen molar-refractivity contribution < 1.29 is 13.9 Å². The number of esters is 1. The van der Waals surface area contributed by atoms with Crippen LogP contribution < -0.4 is 4.90 Å². The zero-order chi connectivity index (χ0) is 22.8. The lowest BCUT2D eigenvalue weighted by Gasteiger charge is -2.34. The van der Waals surface area contributed by atoms with Crippen LogP contribution in [0.5, 0.6) is 0 Å². The summed E-state index contributed by atoms with van der Waals surface area (Å²) in [4.78, 5) is 20.6. The number of rotatable bonds is 5. The standard InChI is InChI=1S/C27H27N3O3/c1-19(31)32-17-20-4-3-5-22(14-20)25-18-33-26-15-23(16-28-27(25)26)21-6-8-24(9-7-21)30-12-10-29(2)11-13-30/h3-9,14-16,18H,10-13,17H2,1-2H3. The molecular weight excluding hydrogens is 414 g/mol. The minimum atomic E-state index is -0.292. The molecule has 0 aliphatic carbocycles. The lowest BCUT2D eigenvalue weighted by molar-refractivity contribution is -0.142. The van der Waals surface area contributed by atoms with Crippen LogP contribution in [0.1, 0.15) is 12.5 Å². The van der Waals surface area contributed by atoms with Crippen molar-refractivity contribution in [1.29, 1.82) is 0 Å². The van der Waals surface area contributed by atoms with Gasteiger partial charge in [0.2, 0.25) is 0 Å². The largest absolute Gasteiger partial charge is 0.462 e. The molecule has 2 aromatic heterocycles. The van der Waals surface area contributed by atoms with Gasteiger partial charge in [-0.05, 0) is 48.0 Å². The molecule has 6 nitrogen and oxygen atoms in total. The maximum Gasteiger partial charge on any atom is 0.302 e. The minimum absolute atomic E-state index is 0.251. The Balaban J connectivity index is 1.37. The number of carbonyl (C=O) groups is 1. The fraction of sp³-hybridized carbons (Fsp3) is 0.259. The molecule has 1 aliphatic rings. The Hall–Kier alpha value is -3.64. The summed E-state index contributed by atoms with van der Waals surface area (Å²) in [6, 6.07) is 18.6. The summed E-state index contributed by atoms with van der Waals surface area (Å²) in [5.41, 5.74) is 7.79. The first-order valence-corrected chi connectivity index (χ1v) is 11.2. The predicted molar refractivity (Wildman–Crippen MR) is 130 cm³/mol. The first kappa shape index (κ1) is 21.2. The molecule has 0 spiro atoms. The molecule has 0 atom stereocenters. The topological polar surface area (TPSA) is 58.8 Å². The Bertz CT molecular complexity index is 1270. The van der Waals surface area contributed by atoms with E-state index in [4.69, 9.17) is 14.1 Å². The van der Waals surface area contributed by atoms with Crippen LogP contribution in [0.15, 0.2) is 71.5 Å². The number of fused-ring (bicyclic) bond motifs is 1. The lowest BCUT2D eigenvalue weighted by Crippen LogP contribution is -2.44. The summed E-state index contributed by atoms with van der Waals surface area (Å²) >= 11 is 0. The van der Waals surface area contributed by atoms with Gasteiger partial charge in [0, 0.05) is 56.1 Å². The molecule has 5 rings (SSSR count). The number of hydrogen-bond donors (Lipinski definition) is 0. The van der Waals surface area contributed by atoms with Crippen LogP contribution in [0.4, 0.5) is 5.69 Å². The van der Waals surface area contributed by atoms with Crippen molar-refractivity contribution >= 4 is 22.8 Å². The summed E-state index contributed by atoms with van der Waals surface area (Å²) in [7, 11) is 2.17. The van der Waals surface area contributed by atoms with Crippen molar-refractivity contribution in [3.8, 4) is 22.3 Å². The van der Waals surface area contributed by atoms with E-state index in [-0.39, 0.29) is 12.6 Å². The molecule has 1 aliphatic heterocycles. The maximum atomic E-state index is 11.1. The normalized spacial score (nSPS) is 14.5. The molecule has 0 N–H and O–H groups in total. The third-order valence-corrected chi connectivity index (χ3v) is 6.16. The number of nitrogens with zero attached hydrogens (tertiary/aromatic N) is 3. The van der Waals surface area contributed by atoms with Gasteiger partial charge in [-0.1, -0.05) is 30.3 Å². The van der Waals surface area contributed by atoms with Gasteiger partial charge in [-0.25, -0.2) is 0 Å². The number of carbonyl (C=O) groups excluding carboxylic acids is 1. The highest BCUT2D eigenvalue weighted by atomic mass is 16.5. The van der Waals surface area contributed by atoms with Crippen LogP contribution in [0.2, 0.25) is 0 Å². The SMILES string of the molecule is CC(=O)OCc1cccc(-c2coc3cc(-c4ccc(N5CCN(C)CC5)cc4)cnc23)c1. The molecule has 6 heteroatoms. The Morgan fingerprint density at radius 1 is 1.00 bits per heavy atom. The molecule has 0 saturated carbocycles. The molecule has 0 amide bonds. The summed E-state index contributed by atoms with van der Waals surface area (Å²) in [5, 5.41) is 0. The Morgan fingerprint density at radius 2 is 1.79 bits per heavy atom. The molecule has 3 heterocycles. The van der Waals surface area contributed by atoms with Gasteiger partial charge in [-0.3, -0.25) is 9.78 Å². The molecule has 0 unspecified atom stereocenters. The van der Waals surface area contributed by atoms with E-state index in [1.54, 1.807) is 6.26 Å². The minimum Gasteiger partial charge on any atom is -0.462 e. The zero-order valence-electron chi connectivity index (χ0n) is 19.0. The van der Waals surface area contributed by atoms with Crippen molar-refractivity contribution in [2.45, 2.75) is 13.5 Å². The van der Waals surface area contributed by atoms with Gasteiger partial charge in [-0.15, -0.1) is 0 Å². The Morgan fingerprint density at radius 3 is 2.55 bits per heavy atom. The monoisotopic (exact) mass is 441 g/mol. The average molecular weight is 442 g/mol. The van der Waals surface area contributed by atoms with Crippen LogP contribution in [-0.2, 0) is 16.1 Å². The number of pyridine rings is 1. The van der Waals surface area contributed by atoms with Gasteiger partial charge in [0.25, 0.3) is 0 Å². The van der Waals surface area contributed by atoms with E-state index in [0.717, 1.165) is 65.1 Å². The van der Waals surface area contributed by atoms with Crippen LogP contribution >= 0.6 is 0 Å². The third-order valence-electron chi connectivity index (χ3n) is 6.16. The van der Waals surface area contributed by atoms with Crippen molar-refractivity contribution in [2.24, 2.45) is 0 Å². The van der Waals surface area contributed by atoms with Gasteiger partial charge < -0.3 is 19.0 Å². The molecule has 33 heavy (non-hydrogen) atoms. The number of aromatic nitrogens is 1. The second kappa shape index (κ2) is 9.08. The van der Waals surface area contributed by atoms with Crippen molar-refractivity contribution in [3.63, 3.8) is 0 Å². The fourth-order valence-electron chi connectivity index (χ4n) is 4.22. The Kier molecular flexibility index (Phi) is 5.84. The lowest BCUT2D eigenvalue weighted by atomic mass is 10.0.